The van der Waals surface area contributed by atoms with Gasteiger partial charge < -0.3 is 15.2 Å². The predicted octanol–water partition coefficient (Wildman–Crippen LogP) is 1.70. The molecule has 0 atom stereocenters. The monoisotopic (exact) mass is 428 g/mol. The highest BCUT2D eigenvalue weighted by Crippen LogP contribution is 2.18. The number of rotatable bonds is 8. The Morgan fingerprint density at radius 3 is 2.34 bits per heavy atom. The van der Waals surface area contributed by atoms with Crippen molar-refractivity contribution in [3.8, 4) is 0 Å². The number of hydrogen-bond acceptors (Lipinski definition) is 4. The van der Waals surface area contributed by atoms with Gasteiger partial charge in [0, 0.05) is 38.1 Å². The second-order valence-electron chi connectivity index (χ2n) is 6.12. The molecule has 158 valence electrons. The highest BCUT2D eigenvalue weighted by atomic mass is 32.2. The fourth-order valence-corrected chi connectivity index (χ4v) is 4.17. The van der Waals surface area contributed by atoms with Crippen LogP contribution in [0.1, 0.15) is 24.3 Å². The van der Waals surface area contributed by atoms with Crippen LogP contribution in [0.25, 0.3) is 0 Å². The second kappa shape index (κ2) is 9.14. The summed E-state index contributed by atoms with van der Waals surface area (Å²) in [7, 11) is -2.22. The van der Waals surface area contributed by atoms with Crippen LogP contribution in [0.3, 0.4) is 0 Å². The van der Waals surface area contributed by atoms with Crippen molar-refractivity contribution in [3.63, 3.8) is 0 Å². The fourth-order valence-electron chi connectivity index (χ4n) is 2.64. The van der Waals surface area contributed by atoms with Gasteiger partial charge in [-0.25, -0.2) is 17.2 Å². The molecule has 0 aliphatic heterocycles. The zero-order valence-electron chi connectivity index (χ0n) is 16.2. The van der Waals surface area contributed by atoms with Crippen LogP contribution in [-0.4, -0.2) is 48.7 Å². The lowest BCUT2D eigenvalue weighted by atomic mass is 10.3. The Labute approximate surface area is 167 Å². The molecule has 0 unspecified atom stereocenters. The fraction of sp³-hybridized carbons (Fsp3) is 0.333. The average Bonchev–Trinajstić information content (AvgIpc) is 3.06. The van der Waals surface area contributed by atoms with Crippen molar-refractivity contribution in [3.05, 3.63) is 47.8 Å². The molecule has 8 nitrogen and oxygen atoms in total. The highest BCUT2D eigenvalue weighted by Gasteiger charge is 2.25. The van der Waals surface area contributed by atoms with Crippen LogP contribution in [0.5, 0.6) is 0 Å². The lowest BCUT2D eigenvalue weighted by Crippen LogP contribution is -2.33. The van der Waals surface area contributed by atoms with Crippen molar-refractivity contribution in [1.29, 1.82) is 0 Å². The molecule has 29 heavy (non-hydrogen) atoms. The van der Waals surface area contributed by atoms with E-state index < -0.39 is 40.0 Å². The smallest absolute Gasteiger partial charge is 0.268 e. The third kappa shape index (κ3) is 5.18. The van der Waals surface area contributed by atoms with Gasteiger partial charge in [0.2, 0.25) is 15.9 Å². The Balaban J connectivity index is 2.05. The van der Waals surface area contributed by atoms with Crippen molar-refractivity contribution >= 4 is 27.5 Å². The van der Waals surface area contributed by atoms with E-state index in [0.717, 1.165) is 12.1 Å². The normalized spacial score (nSPS) is 11.5. The Bertz CT molecular complexity index is 1020. The molecule has 0 fully saturated rings. The minimum absolute atomic E-state index is 0.0277. The number of carbonyl (C=O) groups is 2. The largest absolute Gasteiger partial charge is 0.345 e. The molecule has 0 aliphatic rings. The average molecular weight is 428 g/mol. The molecule has 0 bridgehead atoms. The molecule has 2 amide bonds. The molecular formula is C18H22F2N4O4S. The Kier molecular flexibility index (Phi) is 7.09. The molecule has 1 aromatic heterocycles. The van der Waals surface area contributed by atoms with Crippen molar-refractivity contribution in [2.45, 2.75) is 18.7 Å². The van der Waals surface area contributed by atoms with E-state index in [1.807, 2.05) is 0 Å². The number of benzene rings is 1. The van der Waals surface area contributed by atoms with Gasteiger partial charge in [-0.05, 0) is 18.2 Å². The van der Waals surface area contributed by atoms with Gasteiger partial charge in [0.1, 0.15) is 10.6 Å². The molecule has 1 aromatic carbocycles. The summed E-state index contributed by atoms with van der Waals surface area (Å²) in [6.07, 6.45) is 1.32. The predicted molar refractivity (Wildman–Crippen MR) is 103 cm³/mol. The second-order valence-corrected chi connectivity index (χ2v) is 8.06. The minimum Gasteiger partial charge on any atom is -0.345 e. The number of carbonyl (C=O) groups excluding carboxylic acids is 2. The van der Waals surface area contributed by atoms with Gasteiger partial charge in [0.15, 0.2) is 11.6 Å². The summed E-state index contributed by atoms with van der Waals surface area (Å²) >= 11 is 0. The van der Waals surface area contributed by atoms with E-state index in [9.17, 15) is 26.8 Å². The maximum atomic E-state index is 13.2. The summed E-state index contributed by atoms with van der Waals surface area (Å²) in [4.78, 5) is 24.2. The maximum Gasteiger partial charge on any atom is 0.268 e. The molecule has 0 spiro atoms. The van der Waals surface area contributed by atoms with Crippen LogP contribution in [0, 0.1) is 11.6 Å². The lowest BCUT2D eigenvalue weighted by Gasteiger charge is -2.17. The van der Waals surface area contributed by atoms with Gasteiger partial charge in [-0.15, -0.1) is 0 Å². The lowest BCUT2D eigenvalue weighted by molar-refractivity contribution is -0.115. The van der Waals surface area contributed by atoms with Gasteiger partial charge in [0.25, 0.3) is 5.91 Å². The van der Waals surface area contributed by atoms with E-state index in [-0.39, 0.29) is 16.3 Å². The van der Waals surface area contributed by atoms with Crippen molar-refractivity contribution in [1.82, 2.24) is 14.2 Å². The van der Waals surface area contributed by atoms with Crippen LogP contribution >= 0.6 is 0 Å². The zero-order chi connectivity index (χ0) is 21.8. The van der Waals surface area contributed by atoms with Gasteiger partial charge in [-0.3, -0.25) is 9.59 Å². The summed E-state index contributed by atoms with van der Waals surface area (Å²) in [5.41, 5.74) is 0.0889. The number of anilines is 1. The van der Waals surface area contributed by atoms with Gasteiger partial charge in [-0.2, -0.15) is 4.31 Å². The molecule has 2 N–H and O–H groups in total. The molecule has 1 heterocycles. The number of nitrogens with one attached hydrogen (secondary N) is 2. The Hall–Kier alpha value is -2.79. The number of sulfonamides is 1. The Morgan fingerprint density at radius 2 is 1.76 bits per heavy atom. The van der Waals surface area contributed by atoms with E-state index in [1.165, 1.54) is 34.2 Å². The van der Waals surface area contributed by atoms with Crippen molar-refractivity contribution in [2.75, 3.05) is 25.0 Å². The summed E-state index contributed by atoms with van der Waals surface area (Å²) in [6.45, 7) is 3.56. The van der Waals surface area contributed by atoms with Crippen LogP contribution in [0.2, 0.25) is 0 Å². The Morgan fingerprint density at radius 1 is 1.10 bits per heavy atom. The number of aryl methyl sites for hydroxylation is 1. The molecule has 0 saturated heterocycles. The first-order valence-corrected chi connectivity index (χ1v) is 10.2. The van der Waals surface area contributed by atoms with E-state index in [0.29, 0.717) is 13.1 Å². The van der Waals surface area contributed by atoms with Crippen LogP contribution in [-0.2, 0) is 21.9 Å². The number of amides is 2. The van der Waals surface area contributed by atoms with Gasteiger partial charge >= 0.3 is 0 Å². The number of hydrogen-bond donors (Lipinski definition) is 2. The van der Waals surface area contributed by atoms with E-state index in [4.69, 9.17) is 0 Å². The van der Waals surface area contributed by atoms with Crippen molar-refractivity contribution < 1.29 is 26.8 Å². The molecule has 0 aliphatic carbocycles. The van der Waals surface area contributed by atoms with Crippen LogP contribution in [0.15, 0.2) is 35.4 Å². The molecule has 2 aromatic rings. The maximum absolute atomic E-state index is 13.2. The standard InChI is InChI=1S/C18H22F2N4O4S/c1-4-24(5-2)29(27,28)13-9-16(23(3)11-13)18(26)21-10-17(25)22-12-6-7-14(19)15(20)8-12/h6-9,11H,4-5,10H2,1-3H3,(H,21,26)(H,22,25). The first kappa shape index (κ1) is 22.5. The minimum atomic E-state index is -3.73. The number of nitrogens with zero attached hydrogens (tertiary/aromatic N) is 2. The third-order valence-electron chi connectivity index (χ3n) is 4.17. The summed E-state index contributed by atoms with van der Waals surface area (Å²) in [6, 6.07) is 4.10. The molecule has 2 rings (SSSR count). The highest BCUT2D eigenvalue weighted by molar-refractivity contribution is 7.89. The first-order valence-electron chi connectivity index (χ1n) is 8.79. The van der Waals surface area contributed by atoms with E-state index >= 15 is 0 Å². The van der Waals surface area contributed by atoms with Crippen molar-refractivity contribution in [2.24, 2.45) is 7.05 Å². The molecular weight excluding hydrogens is 406 g/mol. The first-order chi connectivity index (χ1) is 13.6. The van der Waals surface area contributed by atoms with E-state index in [1.54, 1.807) is 13.8 Å². The summed E-state index contributed by atoms with van der Waals surface area (Å²) in [5.74, 6) is -3.48. The SMILES string of the molecule is CCN(CC)S(=O)(=O)c1cc(C(=O)NCC(=O)Nc2ccc(F)c(F)c2)n(C)c1. The molecule has 11 heteroatoms. The van der Waals surface area contributed by atoms with Gasteiger partial charge in [-0.1, -0.05) is 13.8 Å². The molecule has 0 radical (unpaired) electrons. The quantitative estimate of drug-likeness (QED) is 0.668. The molecule has 0 saturated carbocycles. The zero-order valence-corrected chi connectivity index (χ0v) is 17.0. The summed E-state index contributed by atoms with van der Waals surface area (Å²) in [5, 5.41) is 4.68. The van der Waals surface area contributed by atoms with Crippen LogP contribution < -0.4 is 10.6 Å². The third-order valence-corrected chi connectivity index (χ3v) is 6.18. The van der Waals surface area contributed by atoms with E-state index in [2.05, 4.69) is 10.6 Å². The van der Waals surface area contributed by atoms with Gasteiger partial charge in [0.05, 0.1) is 6.54 Å². The number of halogens is 2. The van der Waals surface area contributed by atoms with Crippen LogP contribution in [0.4, 0.5) is 14.5 Å². The number of aromatic nitrogens is 1. The topological polar surface area (TPSA) is 101 Å². The summed E-state index contributed by atoms with van der Waals surface area (Å²) < 4.78 is 53.8.